The Morgan fingerprint density at radius 1 is 1.14 bits per heavy atom. The molecule has 1 aliphatic carbocycles. The zero-order chi connectivity index (χ0) is 20.0. The van der Waals surface area contributed by atoms with Gasteiger partial charge in [0.2, 0.25) is 5.88 Å². The number of rotatable bonds is 5. The summed E-state index contributed by atoms with van der Waals surface area (Å²) >= 11 is 0. The molecule has 1 saturated carbocycles. The summed E-state index contributed by atoms with van der Waals surface area (Å²) in [5.41, 5.74) is 3.99. The second kappa shape index (κ2) is 6.65. The fraction of sp³-hybridized carbons (Fsp3) is 0.381. The van der Waals surface area contributed by atoms with Crippen LogP contribution in [0.3, 0.4) is 0 Å². The molecule has 1 aromatic carbocycles. The summed E-state index contributed by atoms with van der Waals surface area (Å²) in [4.78, 5) is 4.26. The fourth-order valence-electron chi connectivity index (χ4n) is 4.14. The van der Waals surface area contributed by atoms with Crippen molar-refractivity contribution in [2.24, 2.45) is 7.05 Å². The molecule has 0 N–H and O–H groups in total. The Bertz CT molecular complexity index is 1170. The minimum absolute atomic E-state index is 0.0485. The number of ether oxygens (including phenoxy) is 1. The van der Waals surface area contributed by atoms with Crippen molar-refractivity contribution in [1.82, 2.24) is 34.6 Å². The van der Waals surface area contributed by atoms with Crippen molar-refractivity contribution >= 4 is 5.65 Å². The third-order valence-corrected chi connectivity index (χ3v) is 5.99. The first kappa shape index (κ1) is 17.8. The third kappa shape index (κ3) is 2.86. The molecule has 0 bridgehead atoms. The quantitative estimate of drug-likeness (QED) is 0.521. The molecular formula is C21H23N7O. The summed E-state index contributed by atoms with van der Waals surface area (Å²) < 4.78 is 9.73. The molecule has 0 radical (unpaired) electrons. The van der Waals surface area contributed by atoms with Crippen LogP contribution in [0.2, 0.25) is 0 Å². The summed E-state index contributed by atoms with van der Waals surface area (Å²) in [6.45, 7) is 4.68. The average Bonchev–Trinajstić information content (AvgIpc) is 3.31. The van der Waals surface area contributed by atoms with Crippen LogP contribution in [-0.2, 0) is 19.1 Å². The number of fused-ring (bicyclic) bond motifs is 1. The number of benzene rings is 1. The van der Waals surface area contributed by atoms with Crippen molar-refractivity contribution in [3.63, 3.8) is 0 Å². The number of aryl methyl sites for hydroxylation is 2. The summed E-state index contributed by atoms with van der Waals surface area (Å²) in [7, 11) is 1.86. The van der Waals surface area contributed by atoms with E-state index in [1.807, 2.05) is 37.4 Å². The van der Waals surface area contributed by atoms with Gasteiger partial charge in [-0.3, -0.25) is 4.68 Å². The van der Waals surface area contributed by atoms with Crippen LogP contribution in [0.4, 0.5) is 0 Å². The molecule has 1 aliphatic rings. The largest absolute Gasteiger partial charge is 0.468 e. The van der Waals surface area contributed by atoms with E-state index in [0.29, 0.717) is 18.3 Å². The average molecular weight is 389 g/mol. The molecule has 148 valence electrons. The topological polar surface area (TPSA) is 83.0 Å². The molecule has 0 atom stereocenters. The molecule has 4 aromatic rings. The van der Waals surface area contributed by atoms with Crippen LogP contribution in [-0.4, -0.2) is 34.6 Å². The van der Waals surface area contributed by atoms with Crippen molar-refractivity contribution in [2.45, 2.75) is 45.1 Å². The molecule has 3 aromatic heterocycles. The zero-order valence-electron chi connectivity index (χ0n) is 16.8. The van der Waals surface area contributed by atoms with Gasteiger partial charge < -0.3 is 4.74 Å². The fourth-order valence-corrected chi connectivity index (χ4v) is 4.14. The summed E-state index contributed by atoms with van der Waals surface area (Å²) in [5.74, 6) is 2.08. The van der Waals surface area contributed by atoms with E-state index < -0.39 is 0 Å². The van der Waals surface area contributed by atoms with Crippen molar-refractivity contribution in [1.29, 1.82) is 0 Å². The SMILES string of the molecule is Cc1c(C2(C)CCC2)c(OCc2ncnn2C)nn2c(-c3ccccc3)nnc12. The zero-order valence-corrected chi connectivity index (χ0v) is 16.8. The Balaban J connectivity index is 1.65. The number of nitrogens with zero attached hydrogens (tertiary/aromatic N) is 7. The maximum Gasteiger partial charge on any atom is 0.236 e. The van der Waals surface area contributed by atoms with E-state index in [1.165, 1.54) is 12.7 Å². The highest BCUT2D eigenvalue weighted by molar-refractivity contribution is 5.63. The van der Waals surface area contributed by atoms with Gasteiger partial charge in [-0.1, -0.05) is 43.7 Å². The molecule has 0 spiro atoms. The molecule has 0 saturated heterocycles. The smallest absolute Gasteiger partial charge is 0.236 e. The van der Waals surface area contributed by atoms with Crippen LogP contribution in [0.15, 0.2) is 36.7 Å². The third-order valence-electron chi connectivity index (χ3n) is 5.99. The van der Waals surface area contributed by atoms with Crippen LogP contribution in [0.1, 0.15) is 43.1 Å². The molecule has 5 rings (SSSR count). The van der Waals surface area contributed by atoms with Gasteiger partial charge in [0.15, 0.2) is 17.3 Å². The Morgan fingerprint density at radius 3 is 2.59 bits per heavy atom. The van der Waals surface area contributed by atoms with Gasteiger partial charge in [-0.15, -0.1) is 15.3 Å². The Kier molecular flexibility index (Phi) is 4.08. The van der Waals surface area contributed by atoms with Crippen molar-refractivity contribution in [3.05, 3.63) is 53.6 Å². The van der Waals surface area contributed by atoms with E-state index in [1.54, 1.807) is 9.20 Å². The first-order valence-electron chi connectivity index (χ1n) is 9.84. The predicted molar refractivity (Wildman–Crippen MR) is 107 cm³/mol. The van der Waals surface area contributed by atoms with E-state index in [4.69, 9.17) is 9.84 Å². The molecule has 29 heavy (non-hydrogen) atoms. The number of aromatic nitrogens is 7. The highest BCUT2D eigenvalue weighted by atomic mass is 16.5. The Hall–Kier alpha value is -3.29. The summed E-state index contributed by atoms with van der Waals surface area (Å²) in [6.07, 6.45) is 4.98. The van der Waals surface area contributed by atoms with Gasteiger partial charge in [0.05, 0.1) is 0 Å². The lowest BCUT2D eigenvalue weighted by molar-refractivity contribution is 0.230. The molecule has 0 amide bonds. The van der Waals surface area contributed by atoms with Crippen molar-refractivity contribution in [2.75, 3.05) is 0 Å². The first-order valence-corrected chi connectivity index (χ1v) is 9.84. The van der Waals surface area contributed by atoms with E-state index in [-0.39, 0.29) is 5.41 Å². The minimum Gasteiger partial charge on any atom is -0.468 e. The molecular weight excluding hydrogens is 366 g/mol. The lowest BCUT2D eigenvalue weighted by Crippen LogP contribution is -2.32. The normalized spacial score (nSPS) is 15.4. The van der Waals surface area contributed by atoms with E-state index in [9.17, 15) is 0 Å². The van der Waals surface area contributed by atoms with Gasteiger partial charge in [-0.2, -0.15) is 9.61 Å². The molecule has 1 fully saturated rings. The standard InChI is InChI=1S/C21H23N7O/c1-14-17(21(2)10-7-11-21)20(29-12-16-22-13-23-27(16)3)26-28-18(14)24-25-19(28)15-8-5-4-6-9-15/h4-6,8-9,13H,7,10-12H2,1-3H3. The number of hydrogen-bond acceptors (Lipinski definition) is 6. The van der Waals surface area contributed by atoms with E-state index in [2.05, 4.69) is 34.1 Å². The van der Waals surface area contributed by atoms with Crippen LogP contribution in [0, 0.1) is 6.92 Å². The van der Waals surface area contributed by atoms with Gasteiger partial charge in [0, 0.05) is 23.7 Å². The molecule has 8 nitrogen and oxygen atoms in total. The maximum absolute atomic E-state index is 6.22. The molecule has 3 heterocycles. The van der Waals surface area contributed by atoms with Crippen molar-refractivity contribution < 1.29 is 4.74 Å². The van der Waals surface area contributed by atoms with Gasteiger partial charge >= 0.3 is 0 Å². The van der Waals surface area contributed by atoms with Crippen LogP contribution >= 0.6 is 0 Å². The van der Waals surface area contributed by atoms with Gasteiger partial charge in [0.25, 0.3) is 0 Å². The minimum atomic E-state index is 0.0485. The maximum atomic E-state index is 6.22. The number of hydrogen-bond donors (Lipinski definition) is 0. The lowest BCUT2D eigenvalue weighted by atomic mass is 9.65. The van der Waals surface area contributed by atoms with Crippen LogP contribution in [0.25, 0.3) is 17.0 Å². The molecule has 0 unspecified atom stereocenters. The van der Waals surface area contributed by atoms with Gasteiger partial charge in [-0.25, -0.2) is 4.98 Å². The van der Waals surface area contributed by atoms with Gasteiger partial charge in [0.1, 0.15) is 12.9 Å². The van der Waals surface area contributed by atoms with Crippen LogP contribution in [0.5, 0.6) is 5.88 Å². The first-order chi connectivity index (χ1) is 14.1. The highest BCUT2D eigenvalue weighted by Crippen LogP contribution is 2.48. The summed E-state index contributed by atoms with van der Waals surface area (Å²) in [6, 6.07) is 9.97. The van der Waals surface area contributed by atoms with E-state index >= 15 is 0 Å². The Morgan fingerprint density at radius 2 is 1.93 bits per heavy atom. The molecule has 0 aliphatic heterocycles. The van der Waals surface area contributed by atoms with E-state index in [0.717, 1.165) is 41.0 Å². The lowest BCUT2D eigenvalue weighted by Gasteiger charge is -2.40. The summed E-state index contributed by atoms with van der Waals surface area (Å²) in [5, 5.41) is 17.9. The van der Waals surface area contributed by atoms with Gasteiger partial charge in [-0.05, 0) is 25.2 Å². The highest BCUT2D eigenvalue weighted by Gasteiger charge is 2.39. The predicted octanol–water partition coefficient (Wildman–Crippen LogP) is 3.25. The Labute approximate surface area is 168 Å². The second-order valence-corrected chi connectivity index (χ2v) is 7.93. The second-order valence-electron chi connectivity index (χ2n) is 7.93. The van der Waals surface area contributed by atoms with Crippen LogP contribution < -0.4 is 4.74 Å². The monoisotopic (exact) mass is 389 g/mol. The molecule has 8 heteroatoms. The van der Waals surface area contributed by atoms with Crippen molar-refractivity contribution in [3.8, 4) is 17.3 Å².